The number of nitrogens with zero attached hydrogens (tertiary/aromatic N) is 1. The first kappa shape index (κ1) is 13.0. The molecular weight excluding hydrogens is 238 g/mol. The fourth-order valence-electron chi connectivity index (χ4n) is 2.11. The van der Waals surface area contributed by atoms with E-state index in [1.54, 1.807) is 6.92 Å². The molecule has 18 heavy (non-hydrogen) atoms. The van der Waals surface area contributed by atoms with Crippen molar-refractivity contribution in [2.24, 2.45) is 5.73 Å². The molecule has 100 valence electrons. The lowest BCUT2D eigenvalue weighted by molar-refractivity contribution is -0.0229. The van der Waals surface area contributed by atoms with E-state index in [4.69, 9.17) is 10.5 Å². The van der Waals surface area contributed by atoms with Crippen LogP contribution in [-0.4, -0.2) is 33.4 Å². The predicted molar refractivity (Wildman–Crippen MR) is 64.3 cm³/mol. The van der Waals surface area contributed by atoms with Crippen LogP contribution in [0.3, 0.4) is 0 Å². The third-order valence-corrected chi connectivity index (χ3v) is 3.11. The molecule has 0 spiro atoms. The Morgan fingerprint density at radius 1 is 1.61 bits per heavy atom. The van der Waals surface area contributed by atoms with Gasteiger partial charge < -0.3 is 15.6 Å². The van der Waals surface area contributed by atoms with Crippen molar-refractivity contribution in [2.45, 2.75) is 38.2 Å². The number of aromatic amines is 1. The standard InChI is InChI=1S/C11H17N3O4/c1-6-5-14(11(17)13-10(6)16)9-4-7(15)8(18-9)2-3-12/h5,7-9,15H,2-4,12H2,1H3,(H,13,16,17). The summed E-state index contributed by atoms with van der Waals surface area (Å²) in [6, 6.07) is 0. The van der Waals surface area contributed by atoms with Crippen LogP contribution in [-0.2, 0) is 4.74 Å². The second kappa shape index (κ2) is 5.05. The summed E-state index contributed by atoms with van der Waals surface area (Å²) in [5, 5.41) is 9.80. The smallest absolute Gasteiger partial charge is 0.330 e. The Hall–Kier alpha value is -1.44. The van der Waals surface area contributed by atoms with Crippen LogP contribution in [0, 0.1) is 6.92 Å². The van der Waals surface area contributed by atoms with Crippen molar-refractivity contribution in [1.82, 2.24) is 9.55 Å². The molecule has 1 aliphatic rings. The minimum absolute atomic E-state index is 0.316. The van der Waals surface area contributed by atoms with Crippen molar-refractivity contribution in [3.63, 3.8) is 0 Å². The van der Waals surface area contributed by atoms with Gasteiger partial charge in [0.25, 0.3) is 5.56 Å². The maximum Gasteiger partial charge on any atom is 0.330 e. The molecule has 0 amide bonds. The average Bonchev–Trinajstić information content (AvgIpc) is 2.66. The summed E-state index contributed by atoms with van der Waals surface area (Å²) in [4.78, 5) is 25.1. The zero-order valence-electron chi connectivity index (χ0n) is 10.1. The molecule has 1 fully saturated rings. The molecule has 2 heterocycles. The molecule has 0 saturated carbocycles. The zero-order chi connectivity index (χ0) is 13.3. The topological polar surface area (TPSA) is 110 Å². The van der Waals surface area contributed by atoms with Gasteiger partial charge in [-0.15, -0.1) is 0 Å². The van der Waals surface area contributed by atoms with E-state index in [-0.39, 0.29) is 6.10 Å². The minimum Gasteiger partial charge on any atom is -0.390 e. The van der Waals surface area contributed by atoms with E-state index in [0.717, 1.165) is 0 Å². The Bertz CT molecular complexity index is 536. The summed E-state index contributed by atoms with van der Waals surface area (Å²) >= 11 is 0. The summed E-state index contributed by atoms with van der Waals surface area (Å²) in [5.41, 5.74) is 4.91. The first-order valence-electron chi connectivity index (χ1n) is 5.88. The number of aryl methyl sites for hydroxylation is 1. The predicted octanol–water partition coefficient (Wildman–Crippen LogP) is -1.16. The van der Waals surface area contributed by atoms with Gasteiger partial charge in [0, 0.05) is 18.2 Å². The highest BCUT2D eigenvalue weighted by Crippen LogP contribution is 2.28. The van der Waals surface area contributed by atoms with Crippen molar-refractivity contribution >= 4 is 0 Å². The molecule has 3 unspecified atom stereocenters. The van der Waals surface area contributed by atoms with Crippen molar-refractivity contribution < 1.29 is 9.84 Å². The van der Waals surface area contributed by atoms with E-state index in [2.05, 4.69) is 4.98 Å². The largest absolute Gasteiger partial charge is 0.390 e. The normalized spacial score (nSPS) is 27.6. The fraction of sp³-hybridized carbons (Fsp3) is 0.636. The minimum atomic E-state index is -0.641. The molecule has 3 atom stereocenters. The lowest BCUT2D eigenvalue weighted by Crippen LogP contribution is -2.33. The lowest BCUT2D eigenvalue weighted by atomic mass is 10.1. The van der Waals surface area contributed by atoms with Crippen LogP contribution in [0.4, 0.5) is 0 Å². The number of nitrogens with two attached hydrogens (primary N) is 1. The highest BCUT2D eigenvalue weighted by Gasteiger charge is 2.34. The van der Waals surface area contributed by atoms with E-state index in [9.17, 15) is 14.7 Å². The number of aromatic nitrogens is 2. The lowest BCUT2D eigenvalue weighted by Gasteiger charge is -2.15. The summed E-state index contributed by atoms with van der Waals surface area (Å²) in [6.45, 7) is 2.02. The Morgan fingerprint density at radius 2 is 2.33 bits per heavy atom. The van der Waals surface area contributed by atoms with E-state index < -0.39 is 23.6 Å². The molecule has 0 bridgehead atoms. The molecule has 0 aliphatic carbocycles. The molecule has 7 nitrogen and oxygen atoms in total. The van der Waals surface area contributed by atoms with Crippen molar-refractivity contribution in [3.05, 3.63) is 32.6 Å². The van der Waals surface area contributed by atoms with Crippen LogP contribution in [0.25, 0.3) is 0 Å². The highest BCUT2D eigenvalue weighted by molar-refractivity contribution is 5.02. The van der Waals surface area contributed by atoms with E-state index in [1.807, 2.05) is 0 Å². The molecule has 1 saturated heterocycles. The van der Waals surface area contributed by atoms with Gasteiger partial charge in [0.05, 0.1) is 12.2 Å². The van der Waals surface area contributed by atoms with Gasteiger partial charge in [0.2, 0.25) is 0 Å². The van der Waals surface area contributed by atoms with Gasteiger partial charge >= 0.3 is 5.69 Å². The van der Waals surface area contributed by atoms with Gasteiger partial charge in [-0.05, 0) is 19.9 Å². The Morgan fingerprint density at radius 3 is 3.00 bits per heavy atom. The molecule has 1 aromatic rings. The summed E-state index contributed by atoms with van der Waals surface area (Å²) in [6.07, 6.45) is 0.741. The first-order valence-corrected chi connectivity index (χ1v) is 5.88. The fourth-order valence-corrected chi connectivity index (χ4v) is 2.11. The summed E-state index contributed by atoms with van der Waals surface area (Å²) < 4.78 is 6.89. The first-order chi connectivity index (χ1) is 8.52. The number of nitrogens with one attached hydrogen (secondary N) is 1. The molecule has 0 radical (unpaired) electrons. The number of rotatable bonds is 3. The quantitative estimate of drug-likeness (QED) is 0.631. The summed E-state index contributed by atoms with van der Waals surface area (Å²) in [5.74, 6) is 0. The number of H-pyrrole nitrogens is 1. The van der Waals surface area contributed by atoms with Gasteiger partial charge in [-0.25, -0.2) is 4.79 Å². The van der Waals surface area contributed by atoms with Crippen LogP contribution in [0.1, 0.15) is 24.6 Å². The number of ether oxygens (including phenoxy) is 1. The molecular formula is C11H17N3O4. The second-order valence-corrected chi connectivity index (χ2v) is 4.49. The monoisotopic (exact) mass is 255 g/mol. The number of hydrogen-bond donors (Lipinski definition) is 3. The van der Waals surface area contributed by atoms with Gasteiger partial charge in [0.1, 0.15) is 6.23 Å². The molecule has 1 aromatic heterocycles. The van der Waals surface area contributed by atoms with Crippen LogP contribution in [0.2, 0.25) is 0 Å². The van der Waals surface area contributed by atoms with Crippen LogP contribution in [0.15, 0.2) is 15.8 Å². The van der Waals surface area contributed by atoms with Crippen molar-refractivity contribution in [3.8, 4) is 0 Å². The van der Waals surface area contributed by atoms with E-state index in [1.165, 1.54) is 10.8 Å². The molecule has 2 rings (SSSR count). The van der Waals surface area contributed by atoms with Gasteiger partial charge in [0.15, 0.2) is 0 Å². The molecule has 4 N–H and O–H groups in total. The average molecular weight is 255 g/mol. The third-order valence-electron chi connectivity index (χ3n) is 3.11. The van der Waals surface area contributed by atoms with Gasteiger partial charge in [-0.1, -0.05) is 0 Å². The van der Waals surface area contributed by atoms with Crippen LogP contribution < -0.4 is 17.0 Å². The Kier molecular flexibility index (Phi) is 3.65. The maximum absolute atomic E-state index is 11.7. The maximum atomic E-state index is 11.7. The van der Waals surface area contributed by atoms with E-state index in [0.29, 0.717) is 24.9 Å². The van der Waals surface area contributed by atoms with Gasteiger partial charge in [-0.2, -0.15) is 0 Å². The molecule has 7 heteroatoms. The van der Waals surface area contributed by atoms with Crippen molar-refractivity contribution in [1.29, 1.82) is 0 Å². The second-order valence-electron chi connectivity index (χ2n) is 4.49. The molecule has 0 aromatic carbocycles. The van der Waals surface area contributed by atoms with E-state index >= 15 is 0 Å². The Balaban J connectivity index is 2.26. The van der Waals surface area contributed by atoms with Crippen LogP contribution >= 0.6 is 0 Å². The molecule has 1 aliphatic heterocycles. The highest BCUT2D eigenvalue weighted by atomic mass is 16.5. The van der Waals surface area contributed by atoms with Gasteiger partial charge in [-0.3, -0.25) is 14.3 Å². The van der Waals surface area contributed by atoms with Crippen molar-refractivity contribution in [2.75, 3.05) is 6.54 Å². The number of aliphatic hydroxyl groups excluding tert-OH is 1. The summed E-state index contributed by atoms with van der Waals surface area (Å²) in [7, 11) is 0. The Labute approximate surface area is 103 Å². The SMILES string of the molecule is Cc1cn(C2CC(O)C(CCN)O2)c(=O)[nH]c1=O. The number of aliphatic hydroxyl groups is 1. The zero-order valence-corrected chi connectivity index (χ0v) is 10.1. The third kappa shape index (κ3) is 2.38. The van der Waals surface area contributed by atoms with Crippen LogP contribution in [0.5, 0.6) is 0 Å². The number of hydrogen-bond acceptors (Lipinski definition) is 5.